The molecule has 0 saturated heterocycles. The molecule has 0 aliphatic heterocycles. The lowest BCUT2D eigenvalue weighted by atomic mass is 10.0. The van der Waals surface area contributed by atoms with Crippen molar-refractivity contribution >= 4 is 39.5 Å². The second-order valence-electron chi connectivity index (χ2n) is 30.7. The van der Waals surface area contributed by atoms with E-state index >= 15 is 0 Å². The van der Waals surface area contributed by atoms with Crippen LogP contribution in [0.2, 0.25) is 0 Å². The van der Waals surface area contributed by atoms with E-state index in [1.54, 1.807) is 0 Å². The highest BCUT2D eigenvalue weighted by molar-refractivity contribution is 7.47. The molecule has 2 unspecified atom stereocenters. The van der Waals surface area contributed by atoms with Crippen LogP contribution in [0.25, 0.3) is 0 Å². The van der Waals surface area contributed by atoms with Crippen molar-refractivity contribution in [3.05, 3.63) is 0 Å². The van der Waals surface area contributed by atoms with E-state index in [2.05, 4.69) is 34.6 Å². The molecule has 103 heavy (non-hydrogen) atoms. The molecule has 0 radical (unpaired) electrons. The zero-order valence-corrected chi connectivity index (χ0v) is 69.3. The minimum absolute atomic E-state index is 0.108. The van der Waals surface area contributed by atoms with E-state index in [0.717, 1.165) is 96.3 Å². The second kappa shape index (κ2) is 76.8. The van der Waals surface area contributed by atoms with Gasteiger partial charge in [0.15, 0.2) is 12.2 Å². The number of esters is 4. The van der Waals surface area contributed by atoms with E-state index in [0.29, 0.717) is 31.6 Å². The topological polar surface area (TPSA) is 237 Å². The van der Waals surface area contributed by atoms with E-state index in [-0.39, 0.29) is 25.7 Å². The monoisotopic (exact) mass is 1510 g/mol. The van der Waals surface area contributed by atoms with Gasteiger partial charge >= 0.3 is 39.5 Å². The van der Waals surface area contributed by atoms with Gasteiger partial charge < -0.3 is 33.8 Å². The van der Waals surface area contributed by atoms with Crippen molar-refractivity contribution in [1.82, 2.24) is 0 Å². The summed E-state index contributed by atoms with van der Waals surface area (Å²) in [5.41, 5.74) is 0. The van der Waals surface area contributed by atoms with Crippen LogP contribution in [0, 0.1) is 5.92 Å². The predicted octanol–water partition coefficient (Wildman–Crippen LogP) is 25.6. The van der Waals surface area contributed by atoms with Crippen LogP contribution < -0.4 is 0 Å². The Bertz CT molecular complexity index is 1960. The highest BCUT2D eigenvalue weighted by atomic mass is 31.2. The summed E-state index contributed by atoms with van der Waals surface area (Å²) in [5, 5.41) is 10.7. The summed E-state index contributed by atoms with van der Waals surface area (Å²) in [7, 11) is -9.92. The van der Waals surface area contributed by atoms with Crippen LogP contribution in [0.4, 0.5) is 0 Å². The van der Waals surface area contributed by atoms with Crippen molar-refractivity contribution in [2.45, 2.75) is 470 Å². The molecule has 0 fully saturated rings. The van der Waals surface area contributed by atoms with Gasteiger partial charge in [0.2, 0.25) is 0 Å². The molecule has 0 spiro atoms. The molecule has 0 heterocycles. The summed E-state index contributed by atoms with van der Waals surface area (Å²) in [5.74, 6) is -1.43. The van der Waals surface area contributed by atoms with Crippen LogP contribution in [-0.4, -0.2) is 96.7 Å². The lowest BCUT2D eigenvalue weighted by Crippen LogP contribution is -2.30. The Hall–Kier alpha value is -1.94. The van der Waals surface area contributed by atoms with Crippen molar-refractivity contribution < 1.29 is 80.2 Å². The normalized spacial score (nSPS) is 13.8. The number of aliphatic hydroxyl groups is 1. The Balaban J connectivity index is 5.21. The van der Waals surface area contributed by atoms with Gasteiger partial charge in [0.1, 0.15) is 19.3 Å². The first kappa shape index (κ1) is 101. The Labute approximate surface area is 632 Å². The van der Waals surface area contributed by atoms with Crippen molar-refractivity contribution in [2.75, 3.05) is 39.6 Å². The van der Waals surface area contributed by atoms with Crippen LogP contribution in [0.3, 0.4) is 0 Å². The number of ether oxygens (including phenoxy) is 4. The smallest absolute Gasteiger partial charge is 0.462 e. The van der Waals surface area contributed by atoms with Crippen molar-refractivity contribution in [3.8, 4) is 0 Å². The van der Waals surface area contributed by atoms with E-state index in [1.165, 1.54) is 270 Å². The van der Waals surface area contributed by atoms with Gasteiger partial charge in [-0.3, -0.25) is 37.3 Å². The van der Waals surface area contributed by atoms with E-state index in [4.69, 9.17) is 37.0 Å². The largest absolute Gasteiger partial charge is 0.472 e. The van der Waals surface area contributed by atoms with Gasteiger partial charge in [0.05, 0.1) is 26.4 Å². The first-order valence-electron chi connectivity index (χ1n) is 43.6. The lowest BCUT2D eigenvalue weighted by molar-refractivity contribution is -0.161. The van der Waals surface area contributed by atoms with Crippen LogP contribution >= 0.6 is 15.6 Å². The fourth-order valence-corrected chi connectivity index (χ4v) is 14.7. The maximum Gasteiger partial charge on any atom is 0.472 e. The van der Waals surface area contributed by atoms with Gasteiger partial charge in [0.25, 0.3) is 0 Å². The third kappa shape index (κ3) is 78.0. The summed E-state index contributed by atoms with van der Waals surface area (Å²) in [4.78, 5) is 73.1. The molecule has 612 valence electrons. The zero-order valence-electron chi connectivity index (χ0n) is 67.5. The molecule has 5 atom stereocenters. The number of aliphatic hydroxyl groups excluding tert-OH is 1. The average Bonchev–Trinajstić information content (AvgIpc) is 1.01. The van der Waals surface area contributed by atoms with Gasteiger partial charge in [-0.1, -0.05) is 401 Å². The Morgan fingerprint density at radius 3 is 0.660 bits per heavy atom. The summed E-state index contributed by atoms with van der Waals surface area (Å²) in [6.07, 6.45) is 69.7. The number of hydrogen-bond donors (Lipinski definition) is 3. The van der Waals surface area contributed by atoms with Gasteiger partial charge in [-0.05, 0) is 31.6 Å². The molecule has 0 amide bonds. The molecule has 0 rings (SSSR count). The van der Waals surface area contributed by atoms with Crippen molar-refractivity contribution in [3.63, 3.8) is 0 Å². The maximum absolute atomic E-state index is 13.1. The summed E-state index contributed by atoms with van der Waals surface area (Å²) >= 11 is 0. The zero-order chi connectivity index (χ0) is 75.5. The predicted molar refractivity (Wildman–Crippen MR) is 423 cm³/mol. The number of unbranched alkanes of at least 4 members (excludes halogenated alkanes) is 56. The molecule has 0 aromatic carbocycles. The average molecular weight is 1510 g/mol. The molecule has 0 aromatic heterocycles. The minimum Gasteiger partial charge on any atom is -0.462 e. The van der Waals surface area contributed by atoms with Gasteiger partial charge in [-0.15, -0.1) is 0 Å². The van der Waals surface area contributed by atoms with Crippen LogP contribution in [0.15, 0.2) is 0 Å². The summed E-state index contributed by atoms with van der Waals surface area (Å²) in [6.45, 7) is 7.27. The second-order valence-corrected chi connectivity index (χ2v) is 33.6. The fraction of sp³-hybridized carbons (Fsp3) is 0.952. The molecule has 0 aliphatic carbocycles. The molecule has 3 N–H and O–H groups in total. The quantitative estimate of drug-likeness (QED) is 0.0222. The third-order valence-electron chi connectivity index (χ3n) is 19.8. The summed E-state index contributed by atoms with van der Waals surface area (Å²) in [6, 6.07) is 0. The van der Waals surface area contributed by atoms with Crippen molar-refractivity contribution in [1.29, 1.82) is 0 Å². The SMILES string of the molecule is CCCCCCCCCCCCCCCCCCCCCCC(=O)O[C@H](COC(=O)CCCCCCCCCCCCCCCCCCCCC)COP(=O)(O)OC[C@@H](O)COP(=O)(O)OC[C@@H](COC(=O)CCCCCCCCC(C)C)OC(=O)CCCCCCCCCCCCCCCCC. The molecular weight excluding hydrogens is 1340 g/mol. The number of carbonyl (C=O) groups excluding carboxylic acids is 4. The number of rotatable bonds is 84. The molecule has 0 aromatic rings. The van der Waals surface area contributed by atoms with E-state index in [9.17, 15) is 43.2 Å². The molecular formula is C84H164O17P2. The fourth-order valence-electron chi connectivity index (χ4n) is 13.1. The Morgan fingerprint density at radius 2 is 0.447 bits per heavy atom. The maximum atomic E-state index is 13.1. The first-order valence-corrected chi connectivity index (χ1v) is 46.6. The minimum atomic E-state index is -4.96. The van der Waals surface area contributed by atoms with Gasteiger partial charge in [-0.2, -0.15) is 0 Å². The van der Waals surface area contributed by atoms with Crippen LogP contribution in [0.1, 0.15) is 452 Å². The molecule has 0 aliphatic rings. The third-order valence-corrected chi connectivity index (χ3v) is 21.7. The Morgan fingerprint density at radius 1 is 0.262 bits per heavy atom. The highest BCUT2D eigenvalue weighted by Crippen LogP contribution is 2.45. The van der Waals surface area contributed by atoms with Crippen molar-refractivity contribution in [2.24, 2.45) is 5.92 Å². The number of phosphoric ester groups is 2. The summed E-state index contributed by atoms with van der Waals surface area (Å²) < 4.78 is 68.8. The first-order chi connectivity index (χ1) is 50.0. The van der Waals surface area contributed by atoms with Crippen LogP contribution in [-0.2, 0) is 65.4 Å². The standard InChI is InChI=1S/C84H164O17P2/c1-6-9-12-15-18-21-24-27-30-32-34-36-38-41-44-47-50-53-60-65-69-83(88)100-79(73-94-81(86)67-62-57-51-48-45-42-40-37-35-33-31-28-25-22-19-16-13-10-7-2)75-98-102(90,91)96-71-78(85)72-97-103(92,93)99-76-80(74-95-82(87)68-63-58-55-54-56-61-66-77(4)5)101-84(89)70-64-59-52-49-46-43-39-29-26-23-20-17-14-11-8-3/h77-80,85H,6-76H2,1-5H3,(H,90,91)(H,92,93)/t78-,79-,80-/m1/s1. The van der Waals surface area contributed by atoms with E-state index in [1.807, 2.05) is 0 Å². The van der Waals surface area contributed by atoms with E-state index < -0.39 is 97.5 Å². The number of carbonyl (C=O) groups is 4. The van der Waals surface area contributed by atoms with Gasteiger partial charge in [0, 0.05) is 25.7 Å². The molecule has 0 saturated carbocycles. The lowest BCUT2D eigenvalue weighted by Gasteiger charge is -2.21. The molecule has 19 heteroatoms. The molecule has 0 bridgehead atoms. The highest BCUT2D eigenvalue weighted by Gasteiger charge is 2.30. The molecule has 17 nitrogen and oxygen atoms in total. The van der Waals surface area contributed by atoms with Crippen LogP contribution in [0.5, 0.6) is 0 Å². The number of hydrogen-bond acceptors (Lipinski definition) is 15. The van der Waals surface area contributed by atoms with Gasteiger partial charge in [-0.25, -0.2) is 9.13 Å². The number of phosphoric acid groups is 2. The Kier molecular flexibility index (Phi) is 75.4.